The number of benzene rings is 1. The van der Waals surface area contributed by atoms with Gasteiger partial charge < -0.3 is 14.8 Å². The zero-order valence-corrected chi connectivity index (χ0v) is 11.2. The van der Waals surface area contributed by atoms with Gasteiger partial charge in [0.25, 0.3) is 0 Å². The van der Waals surface area contributed by atoms with Crippen LogP contribution in [0, 0.1) is 0 Å². The first-order chi connectivity index (χ1) is 9.69. The molecule has 0 fully saturated rings. The second-order valence-corrected chi connectivity index (χ2v) is 4.97. The summed E-state index contributed by atoms with van der Waals surface area (Å²) in [7, 11) is 1.64. The van der Waals surface area contributed by atoms with Crippen LogP contribution < -0.4 is 4.74 Å². The third-order valence-corrected chi connectivity index (χ3v) is 3.72. The van der Waals surface area contributed by atoms with E-state index in [2.05, 4.69) is 9.97 Å². The lowest BCUT2D eigenvalue weighted by Crippen LogP contribution is -2.08. The van der Waals surface area contributed by atoms with Crippen molar-refractivity contribution in [3.63, 3.8) is 0 Å². The van der Waals surface area contributed by atoms with Crippen LogP contribution in [-0.2, 0) is 17.6 Å². The van der Waals surface area contributed by atoms with Crippen LogP contribution in [0.15, 0.2) is 24.3 Å². The quantitative estimate of drug-likeness (QED) is 0.894. The highest BCUT2D eigenvalue weighted by molar-refractivity contribution is 5.76. The van der Waals surface area contributed by atoms with Crippen molar-refractivity contribution in [2.24, 2.45) is 0 Å². The fourth-order valence-corrected chi connectivity index (χ4v) is 2.74. The molecule has 1 aromatic carbocycles. The first kappa shape index (κ1) is 12.7. The predicted octanol–water partition coefficient (Wildman–Crippen LogP) is 2.12. The Morgan fingerprint density at radius 3 is 3.05 bits per heavy atom. The van der Waals surface area contributed by atoms with Crippen molar-refractivity contribution in [2.45, 2.75) is 25.2 Å². The molecule has 2 N–H and O–H groups in total. The molecule has 1 aliphatic carbocycles. The highest BCUT2D eigenvalue weighted by Gasteiger charge is 2.32. The summed E-state index contributed by atoms with van der Waals surface area (Å²) in [6, 6.07) is 7.77. The van der Waals surface area contributed by atoms with Crippen molar-refractivity contribution in [3.8, 4) is 5.75 Å². The molecule has 20 heavy (non-hydrogen) atoms. The molecule has 0 saturated carbocycles. The number of hydrogen-bond donors (Lipinski definition) is 2. The summed E-state index contributed by atoms with van der Waals surface area (Å²) in [5, 5.41) is 9.17. The van der Waals surface area contributed by atoms with E-state index < -0.39 is 11.9 Å². The Kier molecular flexibility index (Phi) is 3.18. The number of rotatable bonds is 4. The average molecular weight is 272 g/mol. The molecule has 0 amide bonds. The van der Waals surface area contributed by atoms with Gasteiger partial charge >= 0.3 is 5.97 Å². The highest BCUT2D eigenvalue weighted by atomic mass is 16.5. The molecular weight excluding hydrogens is 256 g/mol. The van der Waals surface area contributed by atoms with E-state index in [1.165, 1.54) is 0 Å². The lowest BCUT2D eigenvalue weighted by Gasteiger charge is -2.06. The van der Waals surface area contributed by atoms with E-state index in [4.69, 9.17) is 9.84 Å². The molecule has 5 heteroatoms. The van der Waals surface area contributed by atoms with Gasteiger partial charge in [-0.15, -0.1) is 0 Å². The van der Waals surface area contributed by atoms with Gasteiger partial charge in [0.2, 0.25) is 0 Å². The lowest BCUT2D eigenvalue weighted by molar-refractivity contribution is -0.138. The van der Waals surface area contributed by atoms with Crippen molar-refractivity contribution < 1.29 is 14.6 Å². The number of H-pyrrole nitrogens is 1. The summed E-state index contributed by atoms with van der Waals surface area (Å²) < 4.78 is 5.32. The Hall–Kier alpha value is -2.30. The van der Waals surface area contributed by atoms with Crippen molar-refractivity contribution in [1.29, 1.82) is 0 Å². The molecule has 0 radical (unpaired) electrons. The number of fused-ring (bicyclic) bond motifs is 1. The van der Waals surface area contributed by atoms with Crippen LogP contribution in [0.1, 0.15) is 35.1 Å². The lowest BCUT2D eigenvalue weighted by atomic mass is 10.1. The largest absolute Gasteiger partial charge is 0.496 e. The maximum atomic E-state index is 11.2. The molecule has 104 valence electrons. The predicted molar refractivity (Wildman–Crippen MR) is 73.1 cm³/mol. The third kappa shape index (κ3) is 2.15. The maximum absolute atomic E-state index is 11.2. The first-order valence-corrected chi connectivity index (χ1v) is 6.61. The number of hydrogen-bond acceptors (Lipinski definition) is 3. The zero-order valence-electron chi connectivity index (χ0n) is 11.2. The molecule has 5 nitrogen and oxygen atoms in total. The number of aromatic amines is 1. The minimum Gasteiger partial charge on any atom is -0.496 e. The van der Waals surface area contributed by atoms with Gasteiger partial charge in [-0.3, -0.25) is 4.79 Å². The number of para-hydroxylation sites is 1. The molecule has 1 atom stereocenters. The van der Waals surface area contributed by atoms with Crippen molar-refractivity contribution in [2.75, 3.05) is 7.11 Å². The van der Waals surface area contributed by atoms with Crippen LogP contribution in [0.5, 0.6) is 5.75 Å². The van der Waals surface area contributed by atoms with Crippen LogP contribution in [0.2, 0.25) is 0 Å². The Bertz CT molecular complexity index is 648. The van der Waals surface area contributed by atoms with Crippen molar-refractivity contribution in [3.05, 3.63) is 47.0 Å². The number of methoxy groups -OCH3 is 1. The minimum atomic E-state index is -0.793. The number of ether oxygens (including phenoxy) is 1. The molecule has 1 aromatic heterocycles. The monoisotopic (exact) mass is 272 g/mol. The minimum absolute atomic E-state index is 0.465. The summed E-state index contributed by atoms with van der Waals surface area (Å²) in [6.45, 7) is 0. The van der Waals surface area contributed by atoms with Crippen molar-refractivity contribution >= 4 is 5.97 Å². The number of carbonyl (C=O) groups is 1. The number of carboxylic acids is 1. The van der Waals surface area contributed by atoms with E-state index in [1.807, 2.05) is 24.3 Å². The number of nitrogens with one attached hydrogen (secondary N) is 1. The van der Waals surface area contributed by atoms with E-state index in [1.54, 1.807) is 7.11 Å². The van der Waals surface area contributed by atoms with E-state index in [0.717, 1.165) is 29.3 Å². The van der Waals surface area contributed by atoms with Crippen LogP contribution in [0.25, 0.3) is 0 Å². The number of aliphatic carboxylic acids is 1. The molecular formula is C15H16N2O3. The molecule has 0 saturated heterocycles. The molecule has 3 rings (SSSR count). The van der Waals surface area contributed by atoms with Gasteiger partial charge in [0, 0.05) is 17.7 Å². The standard InChI is InChI=1S/C15H16N2O3/c1-20-12-5-3-2-4-9(12)8-13-16-11-7-6-10(15(18)19)14(11)17-13/h2-5,10H,6-8H2,1H3,(H,16,17)(H,18,19). The molecule has 0 spiro atoms. The fraction of sp³-hybridized carbons (Fsp3) is 0.333. The van der Waals surface area contributed by atoms with Crippen LogP contribution >= 0.6 is 0 Å². The number of nitrogens with zero attached hydrogens (tertiary/aromatic N) is 1. The molecule has 2 aromatic rings. The molecule has 1 aliphatic rings. The van der Waals surface area contributed by atoms with Crippen molar-refractivity contribution in [1.82, 2.24) is 9.97 Å². The second-order valence-electron chi connectivity index (χ2n) is 4.97. The summed E-state index contributed by atoms with van der Waals surface area (Å²) in [5.74, 6) is 0.357. The summed E-state index contributed by atoms with van der Waals surface area (Å²) in [6.07, 6.45) is 2.01. The Balaban J connectivity index is 1.87. The number of imidazole rings is 1. The Morgan fingerprint density at radius 1 is 1.50 bits per heavy atom. The van der Waals surface area contributed by atoms with Gasteiger partial charge in [-0.05, 0) is 18.9 Å². The fourth-order valence-electron chi connectivity index (χ4n) is 2.74. The van der Waals surface area contributed by atoms with Gasteiger partial charge in [0.15, 0.2) is 0 Å². The molecule has 0 aliphatic heterocycles. The van der Waals surface area contributed by atoms with Gasteiger partial charge in [-0.2, -0.15) is 0 Å². The first-order valence-electron chi connectivity index (χ1n) is 6.61. The summed E-state index contributed by atoms with van der Waals surface area (Å²) in [4.78, 5) is 18.9. The molecule has 0 bridgehead atoms. The molecule has 1 unspecified atom stereocenters. The second kappa shape index (κ2) is 5.00. The van der Waals surface area contributed by atoms with E-state index in [9.17, 15) is 4.79 Å². The smallest absolute Gasteiger partial charge is 0.312 e. The van der Waals surface area contributed by atoms with Crippen LogP contribution in [0.4, 0.5) is 0 Å². The van der Waals surface area contributed by atoms with Crippen LogP contribution in [-0.4, -0.2) is 28.2 Å². The molecule has 1 heterocycles. The zero-order chi connectivity index (χ0) is 14.1. The third-order valence-electron chi connectivity index (χ3n) is 3.72. The summed E-state index contributed by atoms with van der Waals surface area (Å²) >= 11 is 0. The highest BCUT2D eigenvalue weighted by Crippen LogP contribution is 2.32. The summed E-state index contributed by atoms with van der Waals surface area (Å²) in [5.41, 5.74) is 2.69. The van der Waals surface area contributed by atoms with Crippen LogP contribution in [0.3, 0.4) is 0 Å². The number of carboxylic acid groups (broad SMARTS) is 1. The Labute approximate surface area is 116 Å². The van der Waals surface area contributed by atoms with Gasteiger partial charge in [-0.25, -0.2) is 4.98 Å². The number of aromatic nitrogens is 2. The van der Waals surface area contributed by atoms with E-state index >= 15 is 0 Å². The average Bonchev–Trinajstić information content (AvgIpc) is 2.98. The number of aryl methyl sites for hydroxylation is 1. The van der Waals surface area contributed by atoms with Gasteiger partial charge in [0.1, 0.15) is 17.5 Å². The topological polar surface area (TPSA) is 75.2 Å². The van der Waals surface area contributed by atoms with E-state index in [-0.39, 0.29) is 0 Å². The van der Waals surface area contributed by atoms with Gasteiger partial charge in [-0.1, -0.05) is 18.2 Å². The van der Waals surface area contributed by atoms with Gasteiger partial charge in [0.05, 0.1) is 12.8 Å². The Morgan fingerprint density at radius 2 is 2.30 bits per heavy atom. The SMILES string of the molecule is COc1ccccc1Cc1nc2c([nH]1)CCC2C(=O)O. The van der Waals surface area contributed by atoms with E-state index in [0.29, 0.717) is 18.5 Å². The normalized spacial score (nSPS) is 16.9. The maximum Gasteiger partial charge on any atom is 0.312 e.